The van der Waals surface area contributed by atoms with Crippen molar-refractivity contribution in [3.63, 3.8) is 0 Å². The fourth-order valence-corrected chi connectivity index (χ4v) is 3.21. The van der Waals surface area contributed by atoms with Crippen LogP contribution in [-0.2, 0) is 0 Å². The summed E-state index contributed by atoms with van der Waals surface area (Å²) in [5, 5.41) is 0. The molecule has 0 spiro atoms. The molecule has 3 heteroatoms. The number of nitrogens with two attached hydrogens (primary N) is 3. The van der Waals surface area contributed by atoms with Crippen LogP contribution in [0.15, 0.2) is 54.6 Å². The minimum Gasteiger partial charge on any atom is -0.399 e. The van der Waals surface area contributed by atoms with Crippen molar-refractivity contribution in [2.24, 2.45) is 0 Å². The predicted molar refractivity (Wildman–Crippen MR) is 108 cm³/mol. The summed E-state index contributed by atoms with van der Waals surface area (Å²) in [6.45, 7) is 6.12. The molecule has 0 heterocycles. The maximum atomic E-state index is 6.02. The Bertz CT molecular complexity index is 806. The summed E-state index contributed by atoms with van der Waals surface area (Å²) in [5.41, 5.74) is 27.4. The van der Waals surface area contributed by atoms with Crippen LogP contribution in [-0.4, -0.2) is 0 Å². The Balaban J connectivity index is 2.21. The molecule has 128 valence electrons. The molecule has 0 unspecified atom stereocenters. The van der Waals surface area contributed by atoms with Crippen LogP contribution in [0.4, 0.5) is 17.1 Å². The number of hydrogen-bond donors (Lipinski definition) is 3. The van der Waals surface area contributed by atoms with E-state index < -0.39 is 0 Å². The first-order chi connectivity index (χ1) is 11.9. The summed E-state index contributed by atoms with van der Waals surface area (Å²) in [6.07, 6.45) is 0. The normalized spacial score (nSPS) is 11.0. The second-order valence-corrected chi connectivity index (χ2v) is 6.78. The zero-order valence-electron chi connectivity index (χ0n) is 15.0. The molecule has 0 saturated heterocycles. The molecule has 0 aromatic heterocycles. The number of nitrogen functional groups attached to an aromatic ring is 3. The summed E-state index contributed by atoms with van der Waals surface area (Å²) in [7, 11) is 0. The van der Waals surface area contributed by atoms with Crippen LogP contribution in [0.1, 0.15) is 39.3 Å². The number of hydrogen-bond acceptors (Lipinski definition) is 3. The molecule has 0 aliphatic heterocycles. The first-order valence-corrected chi connectivity index (χ1v) is 8.45. The SMILES string of the molecule is Cc1cc(C(c2ccc(N)c(C)c2)c2ccc(N)c(C)c2)ccc1N. The van der Waals surface area contributed by atoms with Crippen LogP contribution in [0.25, 0.3) is 0 Å². The molecule has 0 radical (unpaired) electrons. The minimum absolute atomic E-state index is 0.109. The number of benzene rings is 3. The van der Waals surface area contributed by atoms with E-state index in [0.717, 1.165) is 33.8 Å². The molecule has 3 rings (SSSR count). The predicted octanol–water partition coefficient (Wildman–Crippen LogP) is 4.54. The van der Waals surface area contributed by atoms with E-state index in [1.165, 1.54) is 16.7 Å². The Morgan fingerprint density at radius 1 is 0.520 bits per heavy atom. The molecular weight excluding hydrogens is 306 g/mol. The van der Waals surface area contributed by atoms with Crippen LogP contribution < -0.4 is 17.2 Å². The van der Waals surface area contributed by atoms with E-state index in [1.54, 1.807) is 0 Å². The van der Waals surface area contributed by atoms with E-state index in [1.807, 2.05) is 39.0 Å². The summed E-state index contributed by atoms with van der Waals surface area (Å²) in [5.74, 6) is 0.109. The van der Waals surface area contributed by atoms with Gasteiger partial charge in [0.2, 0.25) is 0 Å². The second kappa shape index (κ2) is 6.52. The van der Waals surface area contributed by atoms with Crippen LogP contribution in [0.3, 0.4) is 0 Å². The van der Waals surface area contributed by atoms with E-state index in [4.69, 9.17) is 17.2 Å². The maximum Gasteiger partial charge on any atom is 0.0343 e. The van der Waals surface area contributed by atoms with Crippen molar-refractivity contribution in [1.82, 2.24) is 0 Å². The number of rotatable bonds is 3. The molecule has 3 aromatic carbocycles. The Hall–Kier alpha value is -2.94. The van der Waals surface area contributed by atoms with Gasteiger partial charge in [0.15, 0.2) is 0 Å². The van der Waals surface area contributed by atoms with Crippen molar-refractivity contribution >= 4 is 17.1 Å². The highest BCUT2D eigenvalue weighted by Crippen LogP contribution is 2.35. The van der Waals surface area contributed by atoms with Gasteiger partial charge in [-0.3, -0.25) is 0 Å². The van der Waals surface area contributed by atoms with Gasteiger partial charge in [-0.2, -0.15) is 0 Å². The first-order valence-electron chi connectivity index (χ1n) is 8.45. The fraction of sp³-hybridized carbons (Fsp3) is 0.182. The van der Waals surface area contributed by atoms with Gasteiger partial charge in [-0.05, 0) is 72.4 Å². The van der Waals surface area contributed by atoms with E-state index in [2.05, 4.69) is 36.4 Å². The van der Waals surface area contributed by atoms with E-state index in [-0.39, 0.29) is 5.92 Å². The number of aryl methyl sites for hydroxylation is 3. The molecule has 0 amide bonds. The molecule has 0 aliphatic rings. The zero-order chi connectivity index (χ0) is 18.1. The highest BCUT2D eigenvalue weighted by Gasteiger charge is 2.18. The molecule has 3 aromatic rings. The van der Waals surface area contributed by atoms with Crippen LogP contribution >= 0.6 is 0 Å². The van der Waals surface area contributed by atoms with E-state index in [9.17, 15) is 0 Å². The highest BCUT2D eigenvalue weighted by molar-refractivity contribution is 5.57. The third-order valence-electron chi connectivity index (χ3n) is 4.88. The standard InChI is InChI=1S/C22H25N3/c1-13-10-16(4-7-19(13)23)22(17-5-8-20(24)14(2)11-17)18-6-9-21(25)15(3)12-18/h4-12,22H,23-25H2,1-3H3. The van der Waals surface area contributed by atoms with Crippen molar-refractivity contribution in [3.8, 4) is 0 Å². The average molecular weight is 331 g/mol. The molecule has 0 fully saturated rings. The Morgan fingerprint density at radius 2 is 0.800 bits per heavy atom. The summed E-state index contributed by atoms with van der Waals surface area (Å²) < 4.78 is 0. The lowest BCUT2D eigenvalue weighted by atomic mass is 9.83. The number of anilines is 3. The lowest BCUT2D eigenvalue weighted by Crippen LogP contribution is -2.06. The van der Waals surface area contributed by atoms with Crippen molar-refractivity contribution < 1.29 is 0 Å². The Labute approximate surface area is 149 Å². The second-order valence-electron chi connectivity index (χ2n) is 6.78. The van der Waals surface area contributed by atoms with Crippen molar-refractivity contribution in [2.45, 2.75) is 26.7 Å². The minimum atomic E-state index is 0.109. The van der Waals surface area contributed by atoms with Crippen LogP contribution in [0, 0.1) is 20.8 Å². The van der Waals surface area contributed by atoms with E-state index in [0.29, 0.717) is 0 Å². The molecule has 0 bridgehead atoms. The first kappa shape index (κ1) is 16.9. The Kier molecular flexibility index (Phi) is 4.41. The molecule has 0 aliphatic carbocycles. The van der Waals surface area contributed by atoms with Crippen molar-refractivity contribution in [1.29, 1.82) is 0 Å². The van der Waals surface area contributed by atoms with Gasteiger partial charge >= 0.3 is 0 Å². The molecule has 6 N–H and O–H groups in total. The third kappa shape index (κ3) is 3.31. The van der Waals surface area contributed by atoms with Gasteiger partial charge in [-0.1, -0.05) is 36.4 Å². The van der Waals surface area contributed by atoms with Gasteiger partial charge in [0.05, 0.1) is 0 Å². The fourth-order valence-electron chi connectivity index (χ4n) is 3.21. The molecule has 0 atom stereocenters. The highest BCUT2D eigenvalue weighted by atomic mass is 14.6. The van der Waals surface area contributed by atoms with Gasteiger partial charge in [0, 0.05) is 23.0 Å². The monoisotopic (exact) mass is 331 g/mol. The lowest BCUT2D eigenvalue weighted by molar-refractivity contribution is 0.970. The molecule has 3 nitrogen and oxygen atoms in total. The van der Waals surface area contributed by atoms with Crippen molar-refractivity contribution in [2.75, 3.05) is 17.2 Å². The zero-order valence-corrected chi connectivity index (χ0v) is 15.0. The summed E-state index contributed by atoms with van der Waals surface area (Å²) in [6, 6.07) is 18.7. The van der Waals surface area contributed by atoms with Gasteiger partial charge in [0.1, 0.15) is 0 Å². The molecule has 0 saturated carbocycles. The van der Waals surface area contributed by atoms with Gasteiger partial charge in [-0.15, -0.1) is 0 Å². The largest absolute Gasteiger partial charge is 0.399 e. The molecular formula is C22H25N3. The quantitative estimate of drug-likeness (QED) is 0.487. The summed E-state index contributed by atoms with van der Waals surface area (Å²) in [4.78, 5) is 0. The third-order valence-corrected chi connectivity index (χ3v) is 4.88. The van der Waals surface area contributed by atoms with Gasteiger partial charge in [-0.25, -0.2) is 0 Å². The van der Waals surface area contributed by atoms with E-state index >= 15 is 0 Å². The van der Waals surface area contributed by atoms with Crippen molar-refractivity contribution in [3.05, 3.63) is 88.0 Å². The Morgan fingerprint density at radius 3 is 1.04 bits per heavy atom. The summed E-state index contributed by atoms with van der Waals surface area (Å²) >= 11 is 0. The van der Waals surface area contributed by atoms with Gasteiger partial charge in [0.25, 0.3) is 0 Å². The van der Waals surface area contributed by atoms with Gasteiger partial charge < -0.3 is 17.2 Å². The van der Waals surface area contributed by atoms with Crippen LogP contribution in [0.2, 0.25) is 0 Å². The average Bonchev–Trinajstić information content (AvgIpc) is 2.57. The lowest BCUT2D eigenvalue weighted by Gasteiger charge is -2.21. The smallest absolute Gasteiger partial charge is 0.0343 e. The molecule has 25 heavy (non-hydrogen) atoms. The maximum absolute atomic E-state index is 6.02. The van der Waals surface area contributed by atoms with Crippen LogP contribution in [0.5, 0.6) is 0 Å². The topological polar surface area (TPSA) is 78.1 Å².